The van der Waals surface area contributed by atoms with Crippen LogP contribution in [0.5, 0.6) is 0 Å². The molecule has 1 atom stereocenters. The summed E-state index contributed by atoms with van der Waals surface area (Å²) in [6, 6.07) is 7.99. The number of carboxylic acid groups (broad SMARTS) is 1. The van der Waals surface area contributed by atoms with Gasteiger partial charge in [0.15, 0.2) is 0 Å². The summed E-state index contributed by atoms with van der Waals surface area (Å²) in [5.41, 5.74) is 4.09. The normalized spacial score (nSPS) is 17.6. The Labute approximate surface area is 123 Å². The quantitative estimate of drug-likeness (QED) is 0.939. The summed E-state index contributed by atoms with van der Waals surface area (Å²) in [4.78, 5) is 13.5. The zero-order valence-corrected chi connectivity index (χ0v) is 12.2. The Morgan fingerprint density at radius 3 is 2.86 bits per heavy atom. The molecule has 0 saturated carbocycles. The lowest BCUT2D eigenvalue weighted by Crippen LogP contribution is -2.38. The number of hydrogen-bond donors (Lipinski definition) is 1. The van der Waals surface area contributed by atoms with Gasteiger partial charge in [-0.15, -0.1) is 0 Å². The van der Waals surface area contributed by atoms with Gasteiger partial charge in [-0.05, 0) is 31.9 Å². The summed E-state index contributed by atoms with van der Waals surface area (Å²) < 4.78 is 5.21. The van der Waals surface area contributed by atoms with E-state index >= 15 is 0 Å². The number of fused-ring (bicyclic) bond motifs is 1. The third kappa shape index (κ3) is 2.51. The molecule has 5 nitrogen and oxygen atoms in total. The second-order valence-corrected chi connectivity index (χ2v) is 5.55. The molecule has 0 radical (unpaired) electrons. The summed E-state index contributed by atoms with van der Waals surface area (Å²) in [6.45, 7) is 4.94. The molecule has 0 bridgehead atoms. The van der Waals surface area contributed by atoms with Crippen LogP contribution in [0.4, 0.5) is 5.69 Å². The third-order valence-corrected chi connectivity index (χ3v) is 4.12. The average molecular weight is 286 g/mol. The first-order chi connectivity index (χ1) is 10.1. The number of benzene rings is 1. The number of anilines is 1. The summed E-state index contributed by atoms with van der Waals surface area (Å²) in [5, 5.41) is 13.3. The van der Waals surface area contributed by atoms with Crippen LogP contribution in [0.1, 0.15) is 22.6 Å². The highest BCUT2D eigenvalue weighted by Crippen LogP contribution is 2.31. The van der Waals surface area contributed by atoms with Crippen molar-refractivity contribution in [2.75, 3.05) is 11.4 Å². The van der Waals surface area contributed by atoms with Crippen LogP contribution < -0.4 is 4.90 Å². The first kappa shape index (κ1) is 13.7. The fourth-order valence-electron chi connectivity index (χ4n) is 2.92. The number of hydrogen-bond acceptors (Lipinski definition) is 4. The topological polar surface area (TPSA) is 66.6 Å². The zero-order valence-electron chi connectivity index (χ0n) is 12.2. The van der Waals surface area contributed by atoms with Crippen LogP contribution in [-0.4, -0.2) is 22.8 Å². The molecule has 1 aromatic carbocycles. The maximum Gasteiger partial charge on any atom is 0.308 e. The predicted molar refractivity (Wildman–Crippen MR) is 78.3 cm³/mol. The van der Waals surface area contributed by atoms with Crippen LogP contribution in [0.3, 0.4) is 0 Å². The smallest absolute Gasteiger partial charge is 0.308 e. The van der Waals surface area contributed by atoms with E-state index < -0.39 is 5.97 Å². The van der Waals surface area contributed by atoms with E-state index in [1.165, 1.54) is 0 Å². The standard InChI is InChI=1S/C16H18N2O3/c1-10-14(11(2)21-17-10)9-18-8-13(16(19)20)7-12-5-3-4-6-15(12)18/h3-6,13H,7-9H2,1-2H3,(H,19,20). The molecule has 3 rings (SSSR count). The van der Waals surface area contributed by atoms with E-state index in [0.29, 0.717) is 19.5 Å². The summed E-state index contributed by atoms with van der Waals surface area (Å²) in [6.07, 6.45) is 0.587. The van der Waals surface area contributed by atoms with Gasteiger partial charge in [-0.1, -0.05) is 23.4 Å². The third-order valence-electron chi connectivity index (χ3n) is 4.12. The van der Waals surface area contributed by atoms with Crippen molar-refractivity contribution in [2.24, 2.45) is 5.92 Å². The van der Waals surface area contributed by atoms with E-state index in [4.69, 9.17) is 4.52 Å². The number of nitrogens with zero attached hydrogens (tertiary/aromatic N) is 2. The van der Waals surface area contributed by atoms with Crippen molar-refractivity contribution in [3.8, 4) is 0 Å². The highest BCUT2D eigenvalue weighted by atomic mass is 16.5. The van der Waals surface area contributed by atoms with Gasteiger partial charge < -0.3 is 14.5 Å². The fourth-order valence-corrected chi connectivity index (χ4v) is 2.92. The van der Waals surface area contributed by atoms with E-state index in [9.17, 15) is 9.90 Å². The molecule has 21 heavy (non-hydrogen) atoms. The van der Waals surface area contributed by atoms with Gasteiger partial charge in [-0.3, -0.25) is 4.79 Å². The second-order valence-electron chi connectivity index (χ2n) is 5.55. The van der Waals surface area contributed by atoms with E-state index in [0.717, 1.165) is 28.3 Å². The maximum atomic E-state index is 11.4. The molecular formula is C16H18N2O3. The van der Waals surface area contributed by atoms with E-state index in [2.05, 4.69) is 10.1 Å². The average Bonchev–Trinajstić information content (AvgIpc) is 2.79. The van der Waals surface area contributed by atoms with Gasteiger partial charge in [0.1, 0.15) is 5.76 Å². The Morgan fingerprint density at radius 2 is 2.19 bits per heavy atom. The van der Waals surface area contributed by atoms with Gasteiger partial charge >= 0.3 is 5.97 Å². The van der Waals surface area contributed by atoms with E-state index in [1.807, 2.05) is 38.1 Å². The van der Waals surface area contributed by atoms with Crippen LogP contribution in [0.15, 0.2) is 28.8 Å². The Morgan fingerprint density at radius 1 is 1.43 bits per heavy atom. The molecule has 2 aromatic rings. The fraction of sp³-hybridized carbons (Fsp3) is 0.375. The van der Waals surface area contributed by atoms with Crippen LogP contribution in [0, 0.1) is 19.8 Å². The van der Waals surface area contributed by atoms with Gasteiger partial charge in [-0.25, -0.2) is 0 Å². The Kier molecular flexibility index (Phi) is 3.41. The zero-order chi connectivity index (χ0) is 15.0. The van der Waals surface area contributed by atoms with Crippen LogP contribution in [-0.2, 0) is 17.8 Å². The lowest BCUT2D eigenvalue weighted by molar-refractivity contribution is -0.141. The van der Waals surface area contributed by atoms with Crippen molar-refractivity contribution >= 4 is 11.7 Å². The van der Waals surface area contributed by atoms with Gasteiger partial charge in [-0.2, -0.15) is 0 Å². The number of aliphatic carboxylic acids is 1. The molecule has 2 heterocycles. The maximum absolute atomic E-state index is 11.4. The lowest BCUT2D eigenvalue weighted by Gasteiger charge is -2.34. The van der Waals surface area contributed by atoms with Crippen molar-refractivity contribution in [1.82, 2.24) is 5.16 Å². The van der Waals surface area contributed by atoms with Gasteiger partial charge in [0.25, 0.3) is 0 Å². The molecular weight excluding hydrogens is 268 g/mol. The highest BCUT2D eigenvalue weighted by molar-refractivity contribution is 5.74. The van der Waals surface area contributed by atoms with E-state index in [1.54, 1.807) is 0 Å². The molecule has 0 fully saturated rings. The Balaban J connectivity index is 1.95. The number of aromatic nitrogens is 1. The van der Waals surface area contributed by atoms with Crippen molar-refractivity contribution in [3.05, 3.63) is 46.8 Å². The van der Waals surface area contributed by atoms with Crippen LogP contribution in [0.2, 0.25) is 0 Å². The van der Waals surface area contributed by atoms with E-state index in [-0.39, 0.29) is 5.92 Å². The second kappa shape index (κ2) is 5.24. The number of carboxylic acids is 1. The summed E-state index contributed by atoms with van der Waals surface area (Å²) >= 11 is 0. The van der Waals surface area contributed by atoms with Crippen molar-refractivity contribution in [2.45, 2.75) is 26.8 Å². The highest BCUT2D eigenvalue weighted by Gasteiger charge is 2.29. The van der Waals surface area contributed by atoms with Crippen LogP contribution >= 0.6 is 0 Å². The molecule has 110 valence electrons. The molecule has 0 saturated heterocycles. The number of carbonyl (C=O) groups is 1. The summed E-state index contributed by atoms with van der Waals surface area (Å²) in [5.74, 6) is -0.323. The van der Waals surface area contributed by atoms with Crippen LogP contribution in [0.25, 0.3) is 0 Å². The molecule has 5 heteroatoms. The number of rotatable bonds is 3. The molecule has 1 aliphatic heterocycles. The SMILES string of the molecule is Cc1noc(C)c1CN1CC(C(=O)O)Cc2ccccc21. The Bertz CT molecular complexity index is 658. The Hall–Kier alpha value is -2.30. The molecule has 1 aromatic heterocycles. The lowest BCUT2D eigenvalue weighted by atomic mass is 9.92. The van der Waals surface area contributed by atoms with Crippen molar-refractivity contribution in [1.29, 1.82) is 0 Å². The molecule has 0 spiro atoms. The molecule has 1 unspecified atom stereocenters. The first-order valence-electron chi connectivity index (χ1n) is 7.03. The summed E-state index contributed by atoms with van der Waals surface area (Å²) in [7, 11) is 0. The largest absolute Gasteiger partial charge is 0.481 e. The van der Waals surface area contributed by atoms with Gasteiger partial charge in [0.05, 0.1) is 11.6 Å². The van der Waals surface area contributed by atoms with Crippen molar-refractivity contribution in [3.63, 3.8) is 0 Å². The minimum absolute atomic E-state index is 0.375. The molecule has 0 amide bonds. The van der Waals surface area contributed by atoms with Gasteiger partial charge in [0, 0.05) is 24.3 Å². The minimum atomic E-state index is -0.742. The minimum Gasteiger partial charge on any atom is -0.481 e. The monoisotopic (exact) mass is 286 g/mol. The number of aryl methyl sites for hydroxylation is 2. The first-order valence-corrected chi connectivity index (χ1v) is 7.03. The van der Waals surface area contributed by atoms with Gasteiger partial charge in [0.2, 0.25) is 0 Å². The molecule has 0 aliphatic carbocycles. The van der Waals surface area contributed by atoms with Crippen molar-refractivity contribution < 1.29 is 14.4 Å². The molecule has 1 aliphatic rings. The number of para-hydroxylation sites is 1. The molecule has 1 N–H and O–H groups in total. The predicted octanol–water partition coefficient (Wildman–Crippen LogP) is 2.55.